The van der Waals surface area contributed by atoms with E-state index < -0.39 is 0 Å². The van der Waals surface area contributed by atoms with Gasteiger partial charge in [0.2, 0.25) is 5.91 Å². The number of aryl methyl sites for hydroxylation is 1. The molecular weight excluding hydrogens is 367 g/mol. The summed E-state index contributed by atoms with van der Waals surface area (Å²) in [7, 11) is 3.52. The Hall–Kier alpha value is -2.60. The maximum absolute atomic E-state index is 13.3. The highest BCUT2D eigenvalue weighted by Crippen LogP contribution is 2.22. The van der Waals surface area contributed by atoms with Crippen LogP contribution in [0.25, 0.3) is 0 Å². The number of halogens is 2. The zero-order valence-electron chi connectivity index (χ0n) is 15.7. The molecule has 0 saturated heterocycles. The molecule has 1 amide bonds. The minimum Gasteiger partial charge on any atom is -0.356 e. The molecule has 0 radical (unpaired) electrons. The number of carbonyl (C=O) groups excluding carboxylic acids is 1. The van der Waals surface area contributed by atoms with Crippen LogP contribution >= 0.6 is 11.6 Å². The lowest BCUT2D eigenvalue weighted by molar-refractivity contribution is -0.116. The molecule has 2 rings (SSSR count). The zero-order valence-corrected chi connectivity index (χ0v) is 16.5. The van der Waals surface area contributed by atoms with E-state index in [1.165, 1.54) is 12.1 Å². The van der Waals surface area contributed by atoms with Gasteiger partial charge in [0.25, 0.3) is 0 Å². The second kappa shape index (κ2) is 9.92. The summed E-state index contributed by atoms with van der Waals surface area (Å²) < 4.78 is 13.3. The highest BCUT2D eigenvalue weighted by molar-refractivity contribution is 6.33. The van der Waals surface area contributed by atoms with Crippen LogP contribution in [-0.2, 0) is 11.3 Å². The predicted molar refractivity (Wildman–Crippen MR) is 109 cm³/mol. The number of anilines is 1. The Morgan fingerprint density at radius 3 is 2.70 bits per heavy atom. The van der Waals surface area contributed by atoms with Crippen LogP contribution < -0.4 is 10.6 Å². The third-order valence-corrected chi connectivity index (χ3v) is 4.23. The van der Waals surface area contributed by atoms with E-state index in [-0.39, 0.29) is 18.1 Å². The Morgan fingerprint density at radius 1 is 1.26 bits per heavy atom. The van der Waals surface area contributed by atoms with Crippen molar-refractivity contribution < 1.29 is 9.18 Å². The third-order valence-electron chi connectivity index (χ3n) is 3.92. The molecule has 0 saturated carbocycles. The summed E-state index contributed by atoms with van der Waals surface area (Å²) in [6, 6.07) is 11.9. The topological polar surface area (TPSA) is 56.7 Å². The van der Waals surface area contributed by atoms with Crippen LogP contribution in [0, 0.1) is 12.7 Å². The molecule has 144 valence electrons. The quantitative estimate of drug-likeness (QED) is 0.582. The van der Waals surface area contributed by atoms with Crippen molar-refractivity contribution in [2.75, 3.05) is 26.0 Å². The van der Waals surface area contributed by atoms with Gasteiger partial charge < -0.3 is 15.5 Å². The molecule has 0 aliphatic heterocycles. The lowest BCUT2D eigenvalue weighted by Crippen LogP contribution is -2.39. The van der Waals surface area contributed by atoms with Crippen molar-refractivity contribution >= 4 is 29.2 Å². The van der Waals surface area contributed by atoms with Crippen LogP contribution in [0.15, 0.2) is 47.5 Å². The van der Waals surface area contributed by atoms with Crippen LogP contribution in [0.2, 0.25) is 5.02 Å². The Labute approximate surface area is 164 Å². The van der Waals surface area contributed by atoms with E-state index in [0.717, 1.165) is 11.1 Å². The van der Waals surface area contributed by atoms with Crippen molar-refractivity contribution in [3.05, 3.63) is 64.4 Å². The number of amides is 1. The number of nitrogens with one attached hydrogen (secondary N) is 2. The van der Waals surface area contributed by atoms with E-state index in [4.69, 9.17) is 11.6 Å². The fourth-order valence-corrected chi connectivity index (χ4v) is 2.87. The summed E-state index contributed by atoms with van der Waals surface area (Å²) in [5.41, 5.74) is 2.47. The second-order valence-corrected chi connectivity index (χ2v) is 6.65. The van der Waals surface area contributed by atoms with E-state index in [1.807, 2.05) is 31.0 Å². The van der Waals surface area contributed by atoms with Gasteiger partial charge >= 0.3 is 0 Å². The maximum atomic E-state index is 13.3. The SMILES string of the molecule is CN=C(NCCC(=O)Nc1ccc(C)cc1Cl)N(C)Cc1cccc(F)c1. The first-order valence-corrected chi connectivity index (χ1v) is 8.99. The number of rotatable bonds is 6. The summed E-state index contributed by atoms with van der Waals surface area (Å²) in [6.07, 6.45) is 0.261. The van der Waals surface area contributed by atoms with E-state index in [9.17, 15) is 9.18 Å². The molecule has 27 heavy (non-hydrogen) atoms. The molecule has 0 aromatic heterocycles. The molecule has 2 aromatic rings. The fourth-order valence-electron chi connectivity index (χ4n) is 2.59. The summed E-state index contributed by atoms with van der Waals surface area (Å²) in [6.45, 7) is 2.85. The van der Waals surface area contributed by atoms with Gasteiger partial charge in [-0.3, -0.25) is 9.79 Å². The summed E-state index contributed by atoms with van der Waals surface area (Å²) in [4.78, 5) is 18.2. The molecule has 0 spiro atoms. The molecule has 0 atom stereocenters. The van der Waals surface area contributed by atoms with Gasteiger partial charge in [-0.25, -0.2) is 4.39 Å². The molecule has 0 aliphatic rings. The zero-order chi connectivity index (χ0) is 19.8. The van der Waals surface area contributed by atoms with Gasteiger partial charge in [0.15, 0.2) is 5.96 Å². The first-order valence-electron chi connectivity index (χ1n) is 8.61. The smallest absolute Gasteiger partial charge is 0.226 e. The molecule has 0 fully saturated rings. The third kappa shape index (κ3) is 6.57. The number of hydrogen-bond donors (Lipinski definition) is 2. The Kier molecular flexibility index (Phi) is 7.61. The van der Waals surface area contributed by atoms with Crippen molar-refractivity contribution in [1.29, 1.82) is 0 Å². The van der Waals surface area contributed by atoms with Crippen molar-refractivity contribution in [2.24, 2.45) is 4.99 Å². The average Bonchev–Trinajstić information content (AvgIpc) is 2.61. The molecule has 5 nitrogen and oxygen atoms in total. The lowest BCUT2D eigenvalue weighted by Gasteiger charge is -2.22. The standard InChI is InChI=1S/C20H24ClFN4O/c1-14-7-8-18(17(21)11-14)25-19(27)9-10-24-20(23-2)26(3)13-15-5-4-6-16(22)12-15/h4-8,11-12H,9-10,13H2,1-3H3,(H,23,24)(H,25,27). The van der Waals surface area contributed by atoms with Crippen LogP contribution in [-0.4, -0.2) is 37.4 Å². The maximum Gasteiger partial charge on any atom is 0.226 e. The van der Waals surface area contributed by atoms with Gasteiger partial charge in [0, 0.05) is 33.6 Å². The van der Waals surface area contributed by atoms with E-state index >= 15 is 0 Å². The first kappa shape index (κ1) is 20.7. The van der Waals surface area contributed by atoms with Crippen molar-refractivity contribution in [1.82, 2.24) is 10.2 Å². The normalized spacial score (nSPS) is 11.2. The first-order chi connectivity index (χ1) is 12.9. The van der Waals surface area contributed by atoms with E-state index in [1.54, 1.807) is 25.2 Å². The molecule has 0 unspecified atom stereocenters. The highest BCUT2D eigenvalue weighted by atomic mass is 35.5. The van der Waals surface area contributed by atoms with Gasteiger partial charge in [0.05, 0.1) is 10.7 Å². The summed E-state index contributed by atoms with van der Waals surface area (Å²) in [5, 5.41) is 6.45. The van der Waals surface area contributed by atoms with E-state index in [0.29, 0.717) is 29.8 Å². The van der Waals surface area contributed by atoms with Gasteiger partial charge in [0.1, 0.15) is 5.82 Å². The number of hydrogen-bond acceptors (Lipinski definition) is 2. The monoisotopic (exact) mass is 390 g/mol. The fraction of sp³-hybridized carbons (Fsp3) is 0.300. The number of nitrogens with zero attached hydrogens (tertiary/aromatic N) is 2. The minimum absolute atomic E-state index is 0.142. The number of carbonyl (C=O) groups is 1. The number of guanidine groups is 1. The molecule has 0 aliphatic carbocycles. The number of aliphatic imine (C=N–C) groups is 1. The molecule has 2 N–H and O–H groups in total. The Bertz CT molecular complexity index is 825. The second-order valence-electron chi connectivity index (χ2n) is 6.24. The van der Waals surface area contributed by atoms with Crippen LogP contribution in [0.1, 0.15) is 17.5 Å². The molecular formula is C20H24ClFN4O. The van der Waals surface area contributed by atoms with E-state index in [2.05, 4.69) is 15.6 Å². The summed E-state index contributed by atoms with van der Waals surface area (Å²) >= 11 is 6.13. The van der Waals surface area contributed by atoms with Crippen molar-refractivity contribution in [3.63, 3.8) is 0 Å². The largest absolute Gasteiger partial charge is 0.356 e. The van der Waals surface area contributed by atoms with Crippen molar-refractivity contribution in [2.45, 2.75) is 19.9 Å². The summed E-state index contributed by atoms with van der Waals surface area (Å²) in [5.74, 6) is 0.215. The molecule has 7 heteroatoms. The van der Waals surface area contributed by atoms with Gasteiger partial charge in [-0.2, -0.15) is 0 Å². The predicted octanol–water partition coefficient (Wildman–Crippen LogP) is 3.82. The molecule has 0 heterocycles. The minimum atomic E-state index is -0.268. The lowest BCUT2D eigenvalue weighted by atomic mass is 10.2. The Morgan fingerprint density at radius 2 is 2.04 bits per heavy atom. The van der Waals surface area contributed by atoms with Crippen LogP contribution in [0.5, 0.6) is 0 Å². The highest BCUT2D eigenvalue weighted by Gasteiger charge is 2.09. The van der Waals surface area contributed by atoms with Gasteiger partial charge in [-0.15, -0.1) is 0 Å². The molecule has 0 bridgehead atoms. The molecule has 2 aromatic carbocycles. The van der Waals surface area contributed by atoms with Gasteiger partial charge in [-0.1, -0.05) is 29.8 Å². The van der Waals surface area contributed by atoms with Crippen LogP contribution in [0.4, 0.5) is 10.1 Å². The van der Waals surface area contributed by atoms with Gasteiger partial charge in [-0.05, 0) is 42.3 Å². The Balaban J connectivity index is 1.82. The van der Waals surface area contributed by atoms with Crippen LogP contribution in [0.3, 0.4) is 0 Å². The average molecular weight is 391 g/mol. The van der Waals surface area contributed by atoms with Crippen molar-refractivity contribution in [3.8, 4) is 0 Å². The number of benzene rings is 2.